The molecule has 0 unspecified atom stereocenters. The minimum atomic E-state index is -3.17. The Morgan fingerprint density at radius 1 is 1.16 bits per heavy atom. The number of hydrogen-bond donors (Lipinski definition) is 0. The highest BCUT2D eigenvalue weighted by Crippen LogP contribution is 2.23. The van der Waals surface area contributed by atoms with Crippen LogP contribution < -0.4 is 0 Å². The smallest absolute Gasteiger partial charge is 0.257 e. The van der Waals surface area contributed by atoms with Crippen molar-refractivity contribution in [3.05, 3.63) is 70.5 Å². The van der Waals surface area contributed by atoms with Gasteiger partial charge in [-0.15, -0.1) is 0 Å². The minimum absolute atomic E-state index is 0.0410. The van der Waals surface area contributed by atoms with Crippen molar-refractivity contribution >= 4 is 27.3 Å². The highest BCUT2D eigenvalue weighted by Gasteiger charge is 2.35. The Morgan fingerprint density at radius 2 is 1.84 bits per heavy atom. The molecule has 1 fully saturated rings. The molecule has 1 amide bonds. The zero-order chi connectivity index (χ0) is 18.0. The molecule has 1 aliphatic heterocycles. The zero-order valence-electron chi connectivity index (χ0n) is 13.4. The molecule has 1 aliphatic rings. The Labute approximate surface area is 151 Å². The van der Waals surface area contributed by atoms with E-state index in [9.17, 15) is 17.6 Å². The van der Waals surface area contributed by atoms with Crippen LogP contribution in [0, 0.1) is 5.82 Å². The number of hydrogen-bond acceptors (Lipinski definition) is 3. The Morgan fingerprint density at radius 3 is 2.44 bits per heavy atom. The first-order valence-electron chi connectivity index (χ1n) is 7.86. The monoisotopic (exact) mass is 381 g/mol. The molecular weight excluding hydrogens is 365 g/mol. The molecule has 25 heavy (non-hydrogen) atoms. The van der Waals surface area contributed by atoms with E-state index in [0.717, 1.165) is 5.56 Å². The lowest BCUT2D eigenvalue weighted by atomic mass is 10.1. The number of nitrogens with zero attached hydrogens (tertiary/aromatic N) is 1. The summed E-state index contributed by atoms with van der Waals surface area (Å²) in [4.78, 5) is 14.4. The van der Waals surface area contributed by atoms with Gasteiger partial charge in [-0.1, -0.05) is 35.9 Å². The van der Waals surface area contributed by atoms with E-state index >= 15 is 0 Å². The van der Waals surface area contributed by atoms with E-state index in [2.05, 4.69) is 0 Å². The van der Waals surface area contributed by atoms with Crippen molar-refractivity contribution in [2.75, 3.05) is 11.5 Å². The van der Waals surface area contributed by atoms with Gasteiger partial charge in [-0.2, -0.15) is 0 Å². The predicted octanol–water partition coefficient (Wildman–Crippen LogP) is 3.31. The normalized spacial score (nSPS) is 18.9. The molecule has 2 aromatic carbocycles. The fourth-order valence-electron chi connectivity index (χ4n) is 2.96. The van der Waals surface area contributed by atoms with Crippen molar-refractivity contribution < 1.29 is 17.6 Å². The van der Waals surface area contributed by atoms with Crippen LogP contribution in [0.25, 0.3) is 0 Å². The third-order valence-electron chi connectivity index (χ3n) is 4.28. The average molecular weight is 382 g/mol. The fraction of sp³-hybridized carbons (Fsp3) is 0.278. The van der Waals surface area contributed by atoms with Gasteiger partial charge in [0.2, 0.25) is 0 Å². The highest BCUT2D eigenvalue weighted by atomic mass is 35.5. The van der Waals surface area contributed by atoms with E-state index < -0.39 is 27.6 Å². The summed E-state index contributed by atoms with van der Waals surface area (Å²) in [6.07, 6.45) is 0.357. The van der Waals surface area contributed by atoms with Crippen molar-refractivity contribution in [1.29, 1.82) is 0 Å². The number of benzene rings is 2. The molecule has 132 valence electrons. The second-order valence-electron chi connectivity index (χ2n) is 6.10. The molecule has 7 heteroatoms. The van der Waals surface area contributed by atoms with Gasteiger partial charge in [0.05, 0.1) is 17.1 Å². The van der Waals surface area contributed by atoms with Crippen LogP contribution in [0.1, 0.15) is 22.3 Å². The predicted molar refractivity (Wildman–Crippen MR) is 94.8 cm³/mol. The second-order valence-corrected chi connectivity index (χ2v) is 8.76. The van der Waals surface area contributed by atoms with Crippen LogP contribution in [-0.2, 0) is 16.4 Å². The summed E-state index contributed by atoms with van der Waals surface area (Å²) in [5.41, 5.74) is 0.749. The molecule has 1 atom stereocenters. The summed E-state index contributed by atoms with van der Waals surface area (Å²) in [5.74, 6) is -1.18. The fourth-order valence-corrected chi connectivity index (χ4v) is 4.82. The molecule has 3 rings (SSSR count). The Hall–Kier alpha value is -1.92. The minimum Gasteiger partial charge on any atom is -0.330 e. The van der Waals surface area contributed by atoms with E-state index in [1.807, 2.05) is 0 Å². The molecular formula is C18H17ClFNO3S. The molecule has 0 aromatic heterocycles. The summed E-state index contributed by atoms with van der Waals surface area (Å²) in [6.45, 7) is 0.199. The summed E-state index contributed by atoms with van der Waals surface area (Å²) in [6, 6.07) is 12.2. The van der Waals surface area contributed by atoms with Crippen molar-refractivity contribution in [3.63, 3.8) is 0 Å². The van der Waals surface area contributed by atoms with Crippen LogP contribution in [0.4, 0.5) is 4.39 Å². The SMILES string of the molecule is O=C(c1ccccc1F)N(Cc1ccc(Cl)cc1)[C@@H]1CCS(=O)(=O)C1. The number of amides is 1. The lowest BCUT2D eigenvalue weighted by Gasteiger charge is -2.28. The van der Waals surface area contributed by atoms with E-state index in [1.165, 1.54) is 23.1 Å². The number of sulfone groups is 1. The number of carbonyl (C=O) groups excluding carboxylic acids is 1. The summed E-state index contributed by atoms with van der Waals surface area (Å²) < 4.78 is 37.7. The van der Waals surface area contributed by atoms with Crippen LogP contribution in [0.5, 0.6) is 0 Å². The van der Waals surface area contributed by atoms with Gasteiger partial charge in [0, 0.05) is 17.6 Å². The second kappa shape index (κ2) is 7.14. The topological polar surface area (TPSA) is 54.5 Å². The Bertz CT molecular complexity index is 883. The first-order chi connectivity index (χ1) is 11.9. The van der Waals surface area contributed by atoms with Gasteiger partial charge in [0.1, 0.15) is 5.82 Å². The maximum Gasteiger partial charge on any atom is 0.257 e. The third-order valence-corrected chi connectivity index (χ3v) is 6.28. The molecule has 4 nitrogen and oxygen atoms in total. The van der Waals surface area contributed by atoms with Crippen LogP contribution in [0.15, 0.2) is 48.5 Å². The number of halogens is 2. The van der Waals surface area contributed by atoms with Crippen molar-refractivity contribution in [1.82, 2.24) is 4.90 Å². The first kappa shape index (κ1) is 17.9. The van der Waals surface area contributed by atoms with E-state index in [4.69, 9.17) is 11.6 Å². The lowest BCUT2D eigenvalue weighted by Crippen LogP contribution is -2.41. The molecule has 0 N–H and O–H groups in total. The van der Waals surface area contributed by atoms with Gasteiger partial charge >= 0.3 is 0 Å². The Kier molecular flexibility index (Phi) is 5.11. The molecule has 2 aromatic rings. The molecule has 1 heterocycles. The summed E-state index contributed by atoms with van der Waals surface area (Å²) in [5, 5.41) is 0.569. The quantitative estimate of drug-likeness (QED) is 0.816. The van der Waals surface area contributed by atoms with Gasteiger partial charge in [0.25, 0.3) is 5.91 Å². The van der Waals surface area contributed by atoms with E-state index in [0.29, 0.717) is 11.4 Å². The molecule has 1 saturated heterocycles. The molecule has 0 saturated carbocycles. The van der Waals surface area contributed by atoms with Gasteiger partial charge in [-0.25, -0.2) is 12.8 Å². The van der Waals surface area contributed by atoms with Crippen LogP contribution in [-0.4, -0.2) is 36.8 Å². The van der Waals surface area contributed by atoms with Crippen molar-refractivity contribution in [3.8, 4) is 0 Å². The molecule has 0 spiro atoms. The van der Waals surface area contributed by atoms with Crippen LogP contribution in [0.2, 0.25) is 5.02 Å². The van der Waals surface area contributed by atoms with Crippen molar-refractivity contribution in [2.45, 2.75) is 19.0 Å². The van der Waals surface area contributed by atoms with Crippen molar-refractivity contribution in [2.24, 2.45) is 0 Å². The molecule has 0 aliphatic carbocycles. The average Bonchev–Trinajstić information content (AvgIpc) is 2.94. The molecule has 0 bridgehead atoms. The van der Waals surface area contributed by atoms with E-state index in [-0.39, 0.29) is 23.6 Å². The number of carbonyl (C=O) groups is 1. The van der Waals surface area contributed by atoms with Gasteiger partial charge in [-0.3, -0.25) is 4.79 Å². The third kappa shape index (κ3) is 4.19. The van der Waals surface area contributed by atoms with Gasteiger partial charge < -0.3 is 4.90 Å². The van der Waals surface area contributed by atoms with E-state index in [1.54, 1.807) is 30.3 Å². The first-order valence-corrected chi connectivity index (χ1v) is 10.1. The summed E-state index contributed by atoms with van der Waals surface area (Å²) in [7, 11) is -3.17. The maximum atomic E-state index is 14.0. The van der Waals surface area contributed by atoms with Crippen LogP contribution >= 0.6 is 11.6 Å². The highest BCUT2D eigenvalue weighted by molar-refractivity contribution is 7.91. The Balaban J connectivity index is 1.92. The molecule has 0 radical (unpaired) electrons. The van der Waals surface area contributed by atoms with Crippen LogP contribution in [0.3, 0.4) is 0 Å². The zero-order valence-corrected chi connectivity index (χ0v) is 14.9. The van der Waals surface area contributed by atoms with Gasteiger partial charge in [-0.05, 0) is 36.2 Å². The van der Waals surface area contributed by atoms with Gasteiger partial charge in [0.15, 0.2) is 9.84 Å². The largest absolute Gasteiger partial charge is 0.330 e. The standard InChI is InChI=1S/C18H17ClFNO3S/c19-14-7-5-13(6-8-14)11-21(15-9-10-25(23,24)12-15)18(22)16-3-1-2-4-17(16)20/h1-8,15H,9-12H2/t15-/m1/s1. The number of rotatable bonds is 4. The maximum absolute atomic E-state index is 14.0. The summed E-state index contributed by atoms with van der Waals surface area (Å²) >= 11 is 5.88. The lowest BCUT2D eigenvalue weighted by molar-refractivity contribution is 0.0676.